The van der Waals surface area contributed by atoms with Gasteiger partial charge in [-0.25, -0.2) is 13.1 Å². The van der Waals surface area contributed by atoms with Crippen LogP contribution in [0, 0.1) is 0 Å². The van der Waals surface area contributed by atoms with E-state index in [9.17, 15) is 8.42 Å². The molecule has 21 heavy (non-hydrogen) atoms. The number of sulfone groups is 1. The van der Waals surface area contributed by atoms with Gasteiger partial charge >= 0.3 is 0 Å². The summed E-state index contributed by atoms with van der Waals surface area (Å²) in [5.41, 5.74) is 0.575. The highest BCUT2D eigenvalue weighted by atomic mass is 35.5. The lowest BCUT2D eigenvalue weighted by atomic mass is 10.2. The quantitative estimate of drug-likeness (QED) is 0.848. The molecule has 1 heterocycles. The van der Waals surface area contributed by atoms with Crippen LogP contribution < -0.4 is 0 Å². The van der Waals surface area contributed by atoms with Crippen molar-refractivity contribution in [2.24, 2.45) is 7.05 Å². The Bertz CT molecular complexity index is 760. The zero-order valence-electron chi connectivity index (χ0n) is 11.7. The molecule has 0 N–H and O–H groups in total. The van der Waals surface area contributed by atoms with E-state index in [-0.39, 0.29) is 0 Å². The van der Waals surface area contributed by atoms with Gasteiger partial charge in [0.25, 0.3) is 0 Å². The average Bonchev–Trinajstić information content (AvgIpc) is 2.86. The lowest BCUT2D eigenvalue weighted by Gasteiger charge is -2.18. The van der Waals surface area contributed by atoms with Crippen LogP contribution in [-0.2, 0) is 16.9 Å². The van der Waals surface area contributed by atoms with Gasteiger partial charge in [-0.1, -0.05) is 29.3 Å². The molecule has 0 radical (unpaired) electrons. The van der Waals surface area contributed by atoms with Gasteiger partial charge in [-0.05, 0) is 42.0 Å². The molecule has 1 aromatic carbocycles. The highest BCUT2D eigenvalue weighted by Gasteiger charge is 2.33. The summed E-state index contributed by atoms with van der Waals surface area (Å²) in [5, 5.41) is 10.0. The van der Waals surface area contributed by atoms with E-state index < -0.39 is 20.3 Å². The predicted molar refractivity (Wildman–Crippen MR) is 81.0 cm³/mol. The second-order valence-corrected chi connectivity index (χ2v) is 8.11. The molecule has 2 aromatic rings. The van der Waals surface area contributed by atoms with Crippen molar-refractivity contribution in [3.8, 4) is 0 Å². The molecule has 2 unspecified atom stereocenters. The van der Waals surface area contributed by atoms with E-state index >= 15 is 0 Å². The maximum Gasteiger partial charge on any atom is 0.168 e. The number of tetrazole rings is 1. The van der Waals surface area contributed by atoms with Crippen LogP contribution in [0.5, 0.6) is 0 Å². The topological polar surface area (TPSA) is 77.7 Å². The van der Waals surface area contributed by atoms with Crippen molar-refractivity contribution in [3.05, 3.63) is 39.6 Å². The monoisotopic (exact) mass is 348 g/mol. The third kappa shape index (κ3) is 3.04. The van der Waals surface area contributed by atoms with Crippen LogP contribution in [-0.4, -0.2) is 28.6 Å². The number of aromatic nitrogens is 4. The first-order valence-electron chi connectivity index (χ1n) is 6.15. The van der Waals surface area contributed by atoms with Gasteiger partial charge in [-0.2, -0.15) is 0 Å². The van der Waals surface area contributed by atoms with E-state index in [4.69, 9.17) is 23.2 Å². The van der Waals surface area contributed by atoms with Crippen LogP contribution >= 0.6 is 23.2 Å². The first-order chi connectivity index (χ1) is 9.75. The lowest BCUT2D eigenvalue weighted by molar-refractivity contribution is 0.566. The second kappa shape index (κ2) is 5.90. The summed E-state index contributed by atoms with van der Waals surface area (Å²) in [7, 11) is -1.93. The van der Waals surface area contributed by atoms with Crippen LogP contribution in [0.1, 0.15) is 35.7 Å². The van der Waals surface area contributed by atoms with Crippen LogP contribution in [0.4, 0.5) is 0 Å². The zero-order chi connectivity index (χ0) is 15.8. The number of rotatable bonds is 4. The number of nitrogens with zero attached hydrogens (tertiary/aromatic N) is 4. The summed E-state index contributed by atoms with van der Waals surface area (Å²) in [6.07, 6.45) is 0. The van der Waals surface area contributed by atoms with Gasteiger partial charge < -0.3 is 0 Å². The van der Waals surface area contributed by atoms with Crippen LogP contribution in [0.2, 0.25) is 10.0 Å². The fourth-order valence-electron chi connectivity index (χ4n) is 1.99. The summed E-state index contributed by atoms with van der Waals surface area (Å²) in [5.74, 6) is 0.293. The molecule has 0 amide bonds. The van der Waals surface area contributed by atoms with E-state index in [0.717, 1.165) is 0 Å². The average molecular weight is 349 g/mol. The van der Waals surface area contributed by atoms with Gasteiger partial charge in [0.05, 0.1) is 15.3 Å². The molecule has 0 saturated heterocycles. The number of aryl methyl sites for hydroxylation is 1. The number of halogens is 2. The Hall–Kier alpha value is -1.18. The molecule has 0 aliphatic heterocycles. The fourth-order valence-corrected chi connectivity index (χ4v) is 3.93. The minimum atomic E-state index is -3.53. The molecule has 2 rings (SSSR count). The van der Waals surface area contributed by atoms with Gasteiger partial charge in [-0.3, -0.25) is 0 Å². The molecular weight excluding hydrogens is 335 g/mol. The molecule has 2 atom stereocenters. The smallest absolute Gasteiger partial charge is 0.168 e. The lowest BCUT2D eigenvalue weighted by Crippen LogP contribution is -2.20. The Kier molecular flexibility index (Phi) is 4.55. The molecule has 9 heteroatoms. The first kappa shape index (κ1) is 16.2. The van der Waals surface area contributed by atoms with Crippen molar-refractivity contribution < 1.29 is 8.42 Å². The Morgan fingerprint density at radius 2 is 1.81 bits per heavy atom. The van der Waals surface area contributed by atoms with Gasteiger partial charge in [0.1, 0.15) is 5.25 Å². The summed E-state index contributed by atoms with van der Waals surface area (Å²) >= 11 is 11.8. The number of benzene rings is 1. The molecule has 6 nitrogen and oxygen atoms in total. The molecule has 0 aliphatic carbocycles. The van der Waals surface area contributed by atoms with Crippen LogP contribution in [0.3, 0.4) is 0 Å². The third-order valence-electron chi connectivity index (χ3n) is 3.42. The maximum absolute atomic E-state index is 12.7. The Morgan fingerprint density at radius 1 is 1.14 bits per heavy atom. The first-order valence-corrected chi connectivity index (χ1v) is 8.51. The van der Waals surface area contributed by atoms with E-state index in [1.54, 1.807) is 39.1 Å². The van der Waals surface area contributed by atoms with Crippen molar-refractivity contribution in [2.45, 2.75) is 24.3 Å². The number of hydrogen-bond donors (Lipinski definition) is 0. The summed E-state index contributed by atoms with van der Waals surface area (Å²) < 4.78 is 26.7. The Labute approximate surface area is 133 Å². The standard InChI is InChI=1S/C12H14Cl2N4O2S/c1-7(9-4-5-10(13)11(14)6-9)21(19,20)8(2)12-15-16-17-18(12)3/h4-8H,1-3H3. The van der Waals surface area contributed by atoms with Crippen molar-refractivity contribution in [3.63, 3.8) is 0 Å². The van der Waals surface area contributed by atoms with E-state index in [1.165, 1.54) is 4.68 Å². The van der Waals surface area contributed by atoms with Gasteiger partial charge in [0.2, 0.25) is 0 Å². The van der Waals surface area contributed by atoms with E-state index in [0.29, 0.717) is 21.4 Å². The van der Waals surface area contributed by atoms with Crippen molar-refractivity contribution in [1.82, 2.24) is 20.2 Å². The summed E-state index contributed by atoms with van der Waals surface area (Å²) in [6.45, 7) is 3.17. The van der Waals surface area contributed by atoms with Gasteiger partial charge in [-0.15, -0.1) is 5.10 Å². The molecule has 114 valence electrons. The molecule has 0 bridgehead atoms. The zero-order valence-corrected chi connectivity index (χ0v) is 14.0. The molecule has 0 aliphatic rings. The van der Waals surface area contributed by atoms with Crippen molar-refractivity contribution in [2.75, 3.05) is 0 Å². The second-order valence-electron chi connectivity index (χ2n) is 4.71. The summed E-state index contributed by atoms with van der Waals surface area (Å²) in [4.78, 5) is 0. The van der Waals surface area contributed by atoms with Crippen LogP contribution in [0.25, 0.3) is 0 Å². The van der Waals surface area contributed by atoms with E-state index in [2.05, 4.69) is 15.5 Å². The SMILES string of the molecule is CC(c1ccc(Cl)c(Cl)c1)S(=O)(=O)C(C)c1nnnn1C. The van der Waals surface area contributed by atoms with Gasteiger partial charge in [0.15, 0.2) is 15.7 Å². The molecule has 1 aromatic heterocycles. The minimum Gasteiger partial charge on any atom is -0.231 e. The highest BCUT2D eigenvalue weighted by Crippen LogP contribution is 2.34. The van der Waals surface area contributed by atoms with Crippen molar-refractivity contribution >= 4 is 33.0 Å². The normalized spacial score (nSPS) is 14.9. The predicted octanol–water partition coefficient (Wildman–Crippen LogP) is 2.75. The van der Waals surface area contributed by atoms with Gasteiger partial charge in [0, 0.05) is 7.05 Å². The Balaban J connectivity index is 2.38. The third-order valence-corrected chi connectivity index (χ3v) is 6.61. The molecule has 0 spiro atoms. The molecule has 0 saturated carbocycles. The Morgan fingerprint density at radius 3 is 2.33 bits per heavy atom. The molecular formula is C12H14Cl2N4O2S. The highest BCUT2D eigenvalue weighted by molar-refractivity contribution is 7.91. The maximum atomic E-state index is 12.7. The minimum absolute atomic E-state index is 0.293. The van der Waals surface area contributed by atoms with E-state index in [1.807, 2.05) is 0 Å². The molecule has 0 fully saturated rings. The largest absolute Gasteiger partial charge is 0.231 e. The summed E-state index contributed by atoms with van der Waals surface area (Å²) in [6, 6.07) is 4.80. The number of hydrogen-bond acceptors (Lipinski definition) is 5. The van der Waals surface area contributed by atoms with Crippen molar-refractivity contribution in [1.29, 1.82) is 0 Å². The fraction of sp³-hybridized carbons (Fsp3) is 0.417. The van der Waals surface area contributed by atoms with Crippen LogP contribution in [0.15, 0.2) is 18.2 Å².